The predicted octanol–water partition coefficient (Wildman–Crippen LogP) is 1.77. The lowest BCUT2D eigenvalue weighted by atomic mass is 10.4. The van der Waals surface area contributed by atoms with Crippen LogP contribution in [0.2, 0.25) is 0 Å². The lowest BCUT2D eigenvalue weighted by molar-refractivity contribution is 0.360. The average Bonchev–Trinajstić information content (AvgIpc) is 2.43. The van der Waals surface area contributed by atoms with E-state index < -0.39 is 0 Å². The van der Waals surface area contributed by atoms with Crippen LogP contribution >= 0.6 is 24.8 Å². The van der Waals surface area contributed by atoms with Gasteiger partial charge in [-0.1, -0.05) is 0 Å². The highest BCUT2D eigenvalue weighted by Crippen LogP contribution is 2.12. The first-order chi connectivity index (χ1) is 7.25. The van der Waals surface area contributed by atoms with E-state index in [-0.39, 0.29) is 24.8 Å². The number of hydrogen-bond acceptors (Lipinski definition) is 4. The Labute approximate surface area is 115 Å². The number of rotatable bonds is 1. The smallest absolute Gasteiger partial charge is 0.147 e. The molecule has 0 spiro atoms. The average molecular weight is 279 g/mol. The highest BCUT2D eigenvalue weighted by atomic mass is 35.5. The van der Waals surface area contributed by atoms with Crippen LogP contribution < -0.4 is 4.90 Å². The second-order valence-corrected chi connectivity index (χ2v) is 4.16. The van der Waals surface area contributed by atoms with Gasteiger partial charge in [-0.25, -0.2) is 4.98 Å². The maximum absolute atomic E-state index is 4.51. The molecule has 1 aromatic rings. The van der Waals surface area contributed by atoms with Crippen LogP contribution in [0.15, 0.2) is 12.4 Å². The Morgan fingerprint density at radius 2 is 1.82 bits per heavy atom. The number of likely N-dealkylation sites (N-methyl/N-ethyl adjacent to an activating group) is 1. The van der Waals surface area contributed by atoms with Gasteiger partial charge < -0.3 is 9.80 Å². The van der Waals surface area contributed by atoms with Crippen LogP contribution in [0, 0.1) is 6.92 Å². The molecule has 1 saturated heterocycles. The van der Waals surface area contributed by atoms with E-state index in [1.165, 1.54) is 13.0 Å². The summed E-state index contributed by atoms with van der Waals surface area (Å²) in [5.74, 6) is 1.02. The minimum Gasteiger partial charge on any atom is -0.354 e. The van der Waals surface area contributed by atoms with Gasteiger partial charge in [-0.2, -0.15) is 0 Å². The fourth-order valence-corrected chi connectivity index (χ4v) is 1.88. The van der Waals surface area contributed by atoms with Crippen molar-refractivity contribution in [2.45, 2.75) is 13.3 Å². The van der Waals surface area contributed by atoms with E-state index in [1.54, 1.807) is 6.20 Å². The fraction of sp³-hybridized carbons (Fsp3) is 0.636. The molecule has 0 N–H and O–H groups in total. The molecule has 2 heterocycles. The van der Waals surface area contributed by atoms with Crippen molar-refractivity contribution in [1.29, 1.82) is 0 Å². The zero-order valence-electron chi connectivity index (χ0n) is 10.3. The standard InChI is InChI=1S/C11H18N4.2ClH/c1-10-8-12-9-11(13-10)15-5-3-4-14(2)6-7-15;;/h8-9H,3-7H2,1-2H3;2*1H. The number of hydrogen-bond donors (Lipinski definition) is 0. The molecule has 0 radical (unpaired) electrons. The summed E-state index contributed by atoms with van der Waals surface area (Å²) < 4.78 is 0. The molecule has 1 aromatic heterocycles. The molecule has 0 unspecified atom stereocenters. The molecule has 0 aliphatic carbocycles. The molecule has 1 fully saturated rings. The summed E-state index contributed by atoms with van der Waals surface area (Å²) in [6.07, 6.45) is 4.86. The first-order valence-electron chi connectivity index (χ1n) is 5.48. The molecular weight excluding hydrogens is 259 g/mol. The monoisotopic (exact) mass is 278 g/mol. The molecule has 17 heavy (non-hydrogen) atoms. The van der Waals surface area contributed by atoms with Crippen LogP contribution in [0.3, 0.4) is 0 Å². The van der Waals surface area contributed by atoms with Crippen molar-refractivity contribution in [3.63, 3.8) is 0 Å². The van der Waals surface area contributed by atoms with Gasteiger partial charge in [-0.3, -0.25) is 4.98 Å². The molecule has 0 aromatic carbocycles. The van der Waals surface area contributed by atoms with Gasteiger partial charge in [0.15, 0.2) is 0 Å². The topological polar surface area (TPSA) is 32.3 Å². The van der Waals surface area contributed by atoms with Crippen LogP contribution in [-0.4, -0.2) is 48.1 Å². The number of aryl methyl sites for hydroxylation is 1. The van der Waals surface area contributed by atoms with Crippen LogP contribution in [0.25, 0.3) is 0 Å². The third-order valence-corrected chi connectivity index (χ3v) is 2.79. The minimum absolute atomic E-state index is 0. The summed E-state index contributed by atoms with van der Waals surface area (Å²) in [7, 11) is 2.17. The zero-order chi connectivity index (χ0) is 10.7. The Kier molecular flexibility index (Phi) is 7.43. The van der Waals surface area contributed by atoms with Gasteiger partial charge in [0, 0.05) is 25.8 Å². The van der Waals surface area contributed by atoms with Gasteiger partial charge in [-0.05, 0) is 26.9 Å². The Bertz CT molecular complexity index is 335. The van der Waals surface area contributed by atoms with E-state index in [1.807, 2.05) is 13.1 Å². The van der Waals surface area contributed by atoms with Crippen LogP contribution in [0.5, 0.6) is 0 Å². The Balaban J connectivity index is 0.00000128. The van der Waals surface area contributed by atoms with Gasteiger partial charge in [0.1, 0.15) is 5.82 Å². The second-order valence-electron chi connectivity index (χ2n) is 4.16. The second kappa shape index (κ2) is 7.69. The van der Waals surface area contributed by atoms with Gasteiger partial charge in [0.25, 0.3) is 0 Å². The van der Waals surface area contributed by atoms with Crippen LogP contribution in [0.4, 0.5) is 5.82 Å². The van der Waals surface area contributed by atoms with Crippen molar-refractivity contribution < 1.29 is 0 Å². The van der Waals surface area contributed by atoms with Crippen molar-refractivity contribution in [2.75, 3.05) is 38.1 Å². The lowest BCUT2D eigenvalue weighted by Crippen LogP contribution is -2.29. The highest BCUT2D eigenvalue weighted by molar-refractivity contribution is 5.85. The van der Waals surface area contributed by atoms with Gasteiger partial charge in [0.05, 0.1) is 11.9 Å². The largest absolute Gasteiger partial charge is 0.354 e. The summed E-state index contributed by atoms with van der Waals surface area (Å²) in [5, 5.41) is 0. The summed E-state index contributed by atoms with van der Waals surface area (Å²) in [6, 6.07) is 0. The molecule has 4 nitrogen and oxygen atoms in total. The summed E-state index contributed by atoms with van der Waals surface area (Å²) >= 11 is 0. The molecule has 6 heteroatoms. The van der Waals surface area contributed by atoms with Crippen LogP contribution in [-0.2, 0) is 0 Å². The molecule has 0 bridgehead atoms. The van der Waals surface area contributed by atoms with Crippen LogP contribution in [0.1, 0.15) is 12.1 Å². The fourth-order valence-electron chi connectivity index (χ4n) is 1.88. The highest BCUT2D eigenvalue weighted by Gasteiger charge is 2.13. The molecule has 2 rings (SSSR count). The molecule has 0 amide bonds. The van der Waals surface area contributed by atoms with E-state index in [9.17, 15) is 0 Å². The Morgan fingerprint density at radius 1 is 1.06 bits per heavy atom. The number of aromatic nitrogens is 2. The summed E-state index contributed by atoms with van der Waals surface area (Å²) in [4.78, 5) is 13.4. The van der Waals surface area contributed by atoms with Crippen molar-refractivity contribution in [1.82, 2.24) is 14.9 Å². The number of anilines is 1. The van der Waals surface area contributed by atoms with Gasteiger partial charge in [-0.15, -0.1) is 24.8 Å². The van der Waals surface area contributed by atoms with E-state index in [0.29, 0.717) is 0 Å². The molecule has 0 saturated carbocycles. The molecule has 1 aliphatic heterocycles. The maximum atomic E-state index is 4.51. The third-order valence-electron chi connectivity index (χ3n) is 2.79. The first-order valence-corrected chi connectivity index (χ1v) is 5.48. The van der Waals surface area contributed by atoms with E-state index >= 15 is 0 Å². The minimum atomic E-state index is 0. The van der Waals surface area contributed by atoms with Crippen molar-refractivity contribution in [3.8, 4) is 0 Å². The quantitative estimate of drug-likeness (QED) is 0.784. The summed E-state index contributed by atoms with van der Waals surface area (Å²) in [5.41, 5.74) is 0.991. The van der Waals surface area contributed by atoms with Gasteiger partial charge >= 0.3 is 0 Å². The van der Waals surface area contributed by atoms with Crippen molar-refractivity contribution in [2.24, 2.45) is 0 Å². The normalized spacial score (nSPS) is 16.7. The molecule has 1 aliphatic rings. The van der Waals surface area contributed by atoms with Crippen molar-refractivity contribution in [3.05, 3.63) is 18.1 Å². The predicted molar refractivity (Wildman–Crippen MR) is 75.6 cm³/mol. The molecule has 0 atom stereocenters. The third kappa shape index (κ3) is 4.66. The van der Waals surface area contributed by atoms with Crippen molar-refractivity contribution >= 4 is 30.6 Å². The zero-order valence-corrected chi connectivity index (χ0v) is 11.9. The SMILES string of the molecule is Cc1cncc(N2CCCN(C)CC2)n1.Cl.Cl. The van der Waals surface area contributed by atoms with E-state index in [0.717, 1.165) is 31.1 Å². The molecular formula is C11H20Cl2N4. The number of nitrogens with zero attached hydrogens (tertiary/aromatic N) is 4. The summed E-state index contributed by atoms with van der Waals surface area (Å²) in [6.45, 7) is 6.41. The van der Waals surface area contributed by atoms with Gasteiger partial charge in [0.2, 0.25) is 0 Å². The Morgan fingerprint density at radius 3 is 2.53 bits per heavy atom. The van der Waals surface area contributed by atoms with E-state index in [4.69, 9.17) is 0 Å². The van der Waals surface area contributed by atoms with E-state index in [2.05, 4.69) is 26.8 Å². The maximum Gasteiger partial charge on any atom is 0.147 e. The number of halogens is 2. The first kappa shape index (κ1) is 16.4. The molecule has 98 valence electrons. The lowest BCUT2D eigenvalue weighted by Gasteiger charge is -2.21. The Hall–Kier alpha value is -0.580.